The van der Waals surface area contributed by atoms with Gasteiger partial charge in [0.05, 0.1) is 23.4 Å². The largest absolute Gasteiger partial charge is 0.495 e. The zero-order valence-electron chi connectivity index (χ0n) is 11.1. The van der Waals surface area contributed by atoms with Crippen LogP contribution in [0, 0.1) is 5.41 Å². The maximum atomic E-state index is 12.3. The fourth-order valence-electron chi connectivity index (χ4n) is 2.07. The first kappa shape index (κ1) is 13.2. The first-order valence-electron chi connectivity index (χ1n) is 5.92. The molecule has 0 saturated heterocycles. The van der Waals surface area contributed by atoms with Gasteiger partial charge >= 0.3 is 0 Å². The molecule has 1 N–H and O–H groups in total. The Kier molecular flexibility index (Phi) is 3.05. The van der Waals surface area contributed by atoms with E-state index in [1.807, 2.05) is 20.8 Å². The number of fused-ring (bicyclic) bond motifs is 1. The zero-order chi connectivity index (χ0) is 13.6. The smallest absolute Gasteiger partial charge is 0.182 e. The Morgan fingerprint density at radius 3 is 2.56 bits per heavy atom. The highest BCUT2D eigenvalue weighted by Gasteiger charge is 2.37. The molecule has 1 heterocycles. The van der Waals surface area contributed by atoms with Crippen LogP contribution in [0.5, 0.6) is 5.75 Å². The van der Waals surface area contributed by atoms with Crippen LogP contribution in [-0.2, 0) is 9.84 Å². The van der Waals surface area contributed by atoms with E-state index in [1.54, 1.807) is 25.3 Å². The molecule has 1 aliphatic heterocycles. The molecule has 18 heavy (non-hydrogen) atoms. The Morgan fingerprint density at radius 1 is 1.33 bits per heavy atom. The van der Waals surface area contributed by atoms with Gasteiger partial charge in [-0.15, -0.1) is 0 Å². The molecular weight excluding hydrogens is 250 g/mol. The molecule has 4 nitrogen and oxygen atoms in total. The molecule has 0 amide bonds. The molecule has 1 unspecified atom stereocenters. The quantitative estimate of drug-likeness (QED) is 0.850. The third-order valence-corrected chi connectivity index (χ3v) is 5.08. The molecule has 0 fully saturated rings. The highest BCUT2D eigenvalue weighted by molar-refractivity contribution is 7.91. The minimum Gasteiger partial charge on any atom is -0.495 e. The van der Waals surface area contributed by atoms with Crippen LogP contribution >= 0.6 is 0 Å². The lowest BCUT2D eigenvalue weighted by Gasteiger charge is -2.36. The van der Waals surface area contributed by atoms with Gasteiger partial charge in [0.1, 0.15) is 5.75 Å². The second kappa shape index (κ2) is 4.16. The fourth-order valence-corrected chi connectivity index (χ4v) is 4.03. The van der Waals surface area contributed by atoms with E-state index in [2.05, 4.69) is 5.32 Å². The van der Waals surface area contributed by atoms with Crippen LogP contribution in [0.1, 0.15) is 20.8 Å². The van der Waals surface area contributed by atoms with Crippen molar-refractivity contribution >= 4 is 15.5 Å². The maximum absolute atomic E-state index is 12.3. The van der Waals surface area contributed by atoms with Crippen LogP contribution < -0.4 is 10.1 Å². The third kappa shape index (κ3) is 2.19. The van der Waals surface area contributed by atoms with E-state index in [1.165, 1.54) is 0 Å². The van der Waals surface area contributed by atoms with E-state index in [9.17, 15) is 8.42 Å². The molecule has 0 bridgehead atoms. The van der Waals surface area contributed by atoms with Crippen LogP contribution in [0.4, 0.5) is 5.69 Å². The monoisotopic (exact) mass is 269 g/mol. The summed E-state index contributed by atoms with van der Waals surface area (Å²) in [6.45, 7) is 6.09. The first-order chi connectivity index (χ1) is 8.25. The molecule has 1 atom stereocenters. The molecule has 1 aliphatic rings. The highest BCUT2D eigenvalue weighted by Crippen LogP contribution is 2.39. The summed E-state index contributed by atoms with van der Waals surface area (Å²) in [6.07, 6.45) is 0. The van der Waals surface area contributed by atoms with Crippen LogP contribution in [0.15, 0.2) is 23.1 Å². The van der Waals surface area contributed by atoms with E-state index in [4.69, 9.17) is 4.74 Å². The molecule has 0 aliphatic carbocycles. The lowest BCUT2D eigenvalue weighted by atomic mass is 9.87. The van der Waals surface area contributed by atoms with Crippen LogP contribution in [0.25, 0.3) is 0 Å². The highest BCUT2D eigenvalue weighted by atomic mass is 32.2. The van der Waals surface area contributed by atoms with Gasteiger partial charge in [-0.05, 0) is 17.5 Å². The van der Waals surface area contributed by atoms with Crippen molar-refractivity contribution < 1.29 is 13.2 Å². The van der Waals surface area contributed by atoms with Gasteiger partial charge in [0.25, 0.3) is 0 Å². The Hall–Kier alpha value is -1.23. The number of nitrogens with one attached hydrogen (secondary N) is 1. The van der Waals surface area contributed by atoms with E-state index in [0.29, 0.717) is 16.3 Å². The van der Waals surface area contributed by atoms with Crippen LogP contribution in [-0.4, -0.2) is 27.3 Å². The van der Waals surface area contributed by atoms with Gasteiger partial charge in [-0.1, -0.05) is 26.8 Å². The standard InChI is InChI=1S/C13H19NO3S/c1-13(2,3)11-8-18(15,16)10-7-5-6-9(17-4)12(10)14-11/h5-7,11,14H,8H2,1-4H3. The van der Waals surface area contributed by atoms with Crippen molar-refractivity contribution in [2.24, 2.45) is 5.41 Å². The molecule has 5 heteroatoms. The number of para-hydroxylation sites is 1. The number of hydrogen-bond donors (Lipinski definition) is 1. The molecule has 1 aromatic carbocycles. The topological polar surface area (TPSA) is 55.4 Å². The predicted octanol–water partition coefficient (Wildman–Crippen LogP) is 2.31. The number of sulfone groups is 1. The molecule has 100 valence electrons. The number of rotatable bonds is 1. The van der Waals surface area contributed by atoms with Crippen molar-refractivity contribution in [3.8, 4) is 5.75 Å². The summed E-state index contributed by atoms with van der Waals surface area (Å²) < 4.78 is 29.8. The molecule has 0 aromatic heterocycles. The second-order valence-corrected chi connectivity index (χ2v) is 7.68. The van der Waals surface area contributed by atoms with Gasteiger partial charge in [0, 0.05) is 6.04 Å². The number of methoxy groups -OCH3 is 1. The van der Waals surface area contributed by atoms with Crippen molar-refractivity contribution in [2.45, 2.75) is 31.7 Å². The van der Waals surface area contributed by atoms with Gasteiger partial charge in [0.15, 0.2) is 9.84 Å². The van der Waals surface area contributed by atoms with Crippen LogP contribution in [0.3, 0.4) is 0 Å². The Balaban J connectivity index is 2.58. The Labute approximate surface area is 108 Å². The van der Waals surface area contributed by atoms with Gasteiger partial charge in [-0.3, -0.25) is 0 Å². The molecule has 2 rings (SSSR count). The van der Waals surface area contributed by atoms with Crippen molar-refractivity contribution in [1.29, 1.82) is 0 Å². The SMILES string of the molecule is COc1cccc2c1NC(C(C)(C)C)CS2(=O)=O. The fraction of sp³-hybridized carbons (Fsp3) is 0.538. The molecule has 1 aromatic rings. The normalized spacial score (nSPS) is 21.9. The van der Waals surface area contributed by atoms with E-state index in [0.717, 1.165) is 0 Å². The number of anilines is 1. The lowest BCUT2D eigenvalue weighted by Crippen LogP contribution is -2.43. The number of benzene rings is 1. The van der Waals surface area contributed by atoms with Crippen LogP contribution in [0.2, 0.25) is 0 Å². The summed E-state index contributed by atoms with van der Waals surface area (Å²) in [6, 6.07) is 4.98. The van der Waals surface area contributed by atoms with Crippen molar-refractivity contribution in [2.75, 3.05) is 18.2 Å². The Bertz CT molecular complexity index is 558. The number of hydrogen-bond acceptors (Lipinski definition) is 4. The first-order valence-corrected chi connectivity index (χ1v) is 7.57. The number of ether oxygens (including phenoxy) is 1. The molecule has 0 saturated carbocycles. The average molecular weight is 269 g/mol. The average Bonchev–Trinajstić information content (AvgIpc) is 2.26. The minimum atomic E-state index is -3.25. The van der Waals surface area contributed by atoms with Gasteiger partial charge < -0.3 is 10.1 Å². The predicted molar refractivity (Wildman–Crippen MR) is 71.9 cm³/mol. The van der Waals surface area contributed by atoms with Gasteiger partial charge in [0.2, 0.25) is 0 Å². The second-order valence-electron chi connectivity index (χ2n) is 5.68. The summed E-state index contributed by atoms with van der Waals surface area (Å²) >= 11 is 0. The summed E-state index contributed by atoms with van der Waals surface area (Å²) in [5.74, 6) is 0.696. The van der Waals surface area contributed by atoms with Crippen molar-refractivity contribution in [1.82, 2.24) is 0 Å². The Morgan fingerprint density at radius 2 is 2.00 bits per heavy atom. The lowest BCUT2D eigenvalue weighted by molar-refractivity contribution is 0.353. The van der Waals surface area contributed by atoms with E-state index < -0.39 is 9.84 Å². The minimum absolute atomic E-state index is 0.119. The summed E-state index contributed by atoms with van der Waals surface area (Å²) in [7, 11) is -1.70. The third-order valence-electron chi connectivity index (χ3n) is 3.29. The van der Waals surface area contributed by atoms with Crippen molar-refractivity contribution in [3.05, 3.63) is 18.2 Å². The molecule has 0 radical (unpaired) electrons. The summed E-state index contributed by atoms with van der Waals surface area (Å²) in [5, 5.41) is 3.31. The van der Waals surface area contributed by atoms with E-state index in [-0.39, 0.29) is 17.2 Å². The summed E-state index contributed by atoms with van der Waals surface area (Å²) in [5.41, 5.74) is 0.456. The molecular formula is C13H19NO3S. The van der Waals surface area contributed by atoms with Crippen molar-refractivity contribution in [3.63, 3.8) is 0 Å². The van der Waals surface area contributed by atoms with Gasteiger partial charge in [-0.2, -0.15) is 0 Å². The zero-order valence-corrected chi connectivity index (χ0v) is 12.0. The van der Waals surface area contributed by atoms with E-state index >= 15 is 0 Å². The maximum Gasteiger partial charge on any atom is 0.182 e. The molecule has 0 spiro atoms. The summed E-state index contributed by atoms with van der Waals surface area (Å²) in [4.78, 5) is 0.336. The van der Waals surface area contributed by atoms with Gasteiger partial charge in [-0.25, -0.2) is 8.42 Å².